The van der Waals surface area contributed by atoms with Crippen molar-refractivity contribution in [1.29, 1.82) is 0 Å². The summed E-state index contributed by atoms with van der Waals surface area (Å²) in [5.41, 5.74) is 18.7. The normalized spacial score (nSPS) is 14.1. The predicted molar refractivity (Wildman–Crippen MR) is 140 cm³/mol. The molecule has 1 aliphatic heterocycles. The Morgan fingerprint density at radius 3 is 2.24 bits per heavy atom. The van der Waals surface area contributed by atoms with E-state index in [0.717, 1.165) is 19.3 Å². The van der Waals surface area contributed by atoms with Crippen molar-refractivity contribution in [3.05, 3.63) is 124 Å². The highest BCUT2D eigenvalue weighted by Crippen LogP contribution is 2.51. The lowest BCUT2D eigenvalue weighted by Crippen LogP contribution is -2.07. The molecule has 1 heteroatoms. The Labute approximate surface area is 197 Å². The van der Waals surface area contributed by atoms with E-state index in [1.807, 2.05) is 0 Å². The Bertz CT molecular complexity index is 1880. The van der Waals surface area contributed by atoms with E-state index in [-0.39, 0.29) is 0 Å². The SMILES string of the molecule is c1ccc2c(c1)Cc1ccc3c(c1-2)Cc1c-3ccc2c1c1cccc3c1n2-c1ccccc1C3. The van der Waals surface area contributed by atoms with Crippen LogP contribution >= 0.6 is 0 Å². The summed E-state index contributed by atoms with van der Waals surface area (Å²) in [5, 5.41) is 2.85. The number of rotatable bonds is 0. The van der Waals surface area contributed by atoms with Crippen molar-refractivity contribution in [2.75, 3.05) is 0 Å². The Morgan fingerprint density at radius 1 is 0.500 bits per heavy atom. The Hall–Kier alpha value is -4.10. The highest BCUT2D eigenvalue weighted by molar-refractivity contribution is 6.15. The molecule has 2 aliphatic carbocycles. The maximum Gasteiger partial charge on any atom is 0.0576 e. The quantitative estimate of drug-likeness (QED) is 0.231. The summed E-state index contributed by atoms with van der Waals surface area (Å²) in [4.78, 5) is 0. The van der Waals surface area contributed by atoms with Gasteiger partial charge in [-0.25, -0.2) is 0 Å². The monoisotopic (exact) mass is 431 g/mol. The molecule has 3 aliphatic rings. The zero-order valence-corrected chi connectivity index (χ0v) is 18.7. The number of aromatic nitrogens is 1. The van der Waals surface area contributed by atoms with Gasteiger partial charge in [0.05, 0.1) is 11.0 Å². The van der Waals surface area contributed by atoms with Crippen LogP contribution in [0.1, 0.15) is 33.4 Å². The van der Waals surface area contributed by atoms with E-state index in [4.69, 9.17) is 0 Å². The van der Waals surface area contributed by atoms with E-state index in [1.165, 1.54) is 83.1 Å². The molecule has 0 atom stereocenters. The molecule has 0 fully saturated rings. The first-order valence-corrected chi connectivity index (χ1v) is 12.3. The van der Waals surface area contributed by atoms with Crippen LogP contribution in [0, 0.1) is 0 Å². The zero-order chi connectivity index (χ0) is 22.0. The first-order valence-electron chi connectivity index (χ1n) is 12.3. The van der Waals surface area contributed by atoms with Gasteiger partial charge in [-0.2, -0.15) is 0 Å². The van der Waals surface area contributed by atoms with Gasteiger partial charge in [-0.05, 0) is 80.6 Å². The lowest BCUT2D eigenvalue weighted by atomic mass is 9.95. The Kier molecular flexibility index (Phi) is 3.00. The van der Waals surface area contributed by atoms with Gasteiger partial charge in [0.15, 0.2) is 0 Å². The van der Waals surface area contributed by atoms with E-state index < -0.39 is 0 Å². The minimum absolute atomic E-state index is 1.01. The van der Waals surface area contributed by atoms with Crippen molar-refractivity contribution in [1.82, 2.24) is 4.57 Å². The summed E-state index contributed by atoms with van der Waals surface area (Å²) in [6.07, 6.45) is 3.09. The fourth-order valence-electron chi connectivity index (χ4n) is 7.13. The van der Waals surface area contributed by atoms with Crippen molar-refractivity contribution in [3.8, 4) is 27.9 Å². The van der Waals surface area contributed by atoms with Crippen molar-refractivity contribution < 1.29 is 0 Å². The molecule has 0 amide bonds. The molecule has 9 rings (SSSR count). The molecule has 0 radical (unpaired) electrons. The van der Waals surface area contributed by atoms with Crippen molar-refractivity contribution in [2.24, 2.45) is 0 Å². The minimum atomic E-state index is 1.01. The van der Waals surface area contributed by atoms with Crippen molar-refractivity contribution in [2.45, 2.75) is 19.3 Å². The van der Waals surface area contributed by atoms with Gasteiger partial charge in [0.1, 0.15) is 0 Å². The van der Waals surface area contributed by atoms with Crippen LogP contribution in [0.3, 0.4) is 0 Å². The van der Waals surface area contributed by atoms with Crippen LogP contribution in [0.5, 0.6) is 0 Å². The molecule has 0 N–H and O–H groups in total. The number of hydrogen-bond donors (Lipinski definition) is 0. The molecule has 0 bridgehead atoms. The van der Waals surface area contributed by atoms with Crippen LogP contribution in [0.4, 0.5) is 0 Å². The summed E-state index contributed by atoms with van der Waals surface area (Å²) in [6.45, 7) is 0. The standard InChI is InChI=1S/C33H21N/c1-3-9-23-19(6-1)16-21-12-13-24-25-14-15-30-32(28(25)18-27(24)31(21)23)26-10-5-8-22-17-20-7-2-4-11-29(20)34(30)33(22)26/h1-15H,16-18H2. The molecule has 34 heavy (non-hydrogen) atoms. The average Bonchev–Trinajstić information content (AvgIpc) is 3.54. The van der Waals surface area contributed by atoms with Crippen molar-refractivity contribution >= 4 is 21.8 Å². The number of hydrogen-bond acceptors (Lipinski definition) is 0. The van der Waals surface area contributed by atoms with E-state index in [1.54, 1.807) is 0 Å². The topological polar surface area (TPSA) is 4.93 Å². The van der Waals surface area contributed by atoms with Gasteiger partial charge >= 0.3 is 0 Å². The van der Waals surface area contributed by atoms with Gasteiger partial charge in [-0.15, -0.1) is 0 Å². The first kappa shape index (κ1) is 17.4. The smallest absolute Gasteiger partial charge is 0.0576 e. The summed E-state index contributed by atoms with van der Waals surface area (Å²) in [6, 6.07) is 34.3. The number of para-hydroxylation sites is 2. The second kappa shape index (κ2) is 5.87. The maximum absolute atomic E-state index is 2.53. The third-order valence-electron chi connectivity index (χ3n) is 8.47. The summed E-state index contributed by atoms with van der Waals surface area (Å²) in [7, 11) is 0. The molecular formula is C33H21N. The Morgan fingerprint density at radius 2 is 1.26 bits per heavy atom. The third kappa shape index (κ3) is 1.94. The van der Waals surface area contributed by atoms with Crippen LogP contribution in [0.15, 0.2) is 91.0 Å². The molecule has 2 heterocycles. The van der Waals surface area contributed by atoms with Crippen LogP contribution < -0.4 is 0 Å². The molecule has 0 spiro atoms. The number of benzene rings is 5. The van der Waals surface area contributed by atoms with E-state index in [0.29, 0.717) is 0 Å². The number of fused-ring (bicyclic) bond motifs is 13. The fraction of sp³-hybridized carbons (Fsp3) is 0.0909. The molecule has 0 saturated heterocycles. The molecule has 0 unspecified atom stereocenters. The van der Waals surface area contributed by atoms with Crippen LogP contribution in [-0.2, 0) is 19.3 Å². The lowest BCUT2D eigenvalue weighted by Gasteiger charge is -2.20. The van der Waals surface area contributed by atoms with Crippen LogP contribution in [0.2, 0.25) is 0 Å². The summed E-state index contributed by atoms with van der Waals surface area (Å²) >= 11 is 0. The van der Waals surface area contributed by atoms with Gasteiger partial charge in [-0.1, -0.05) is 78.9 Å². The fourth-order valence-corrected chi connectivity index (χ4v) is 7.13. The largest absolute Gasteiger partial charge is 0.309 e. The summed E-state index contributed by atoms with van der Waals surface area (Å²) in [5.74, 6) is 0. The molecule has 1 nitrogen and oxygen atoms in total. The third-order valence-corrected chi connectivity index (χ3v) is 8.47. The minimum Gasteiger partial charge on any atom is -0.309 e. The van der Waals surface area contributed by atoms with Gasteiger partial charge < -0.3 is 4.57 Å². The van der Waals surface area contributed by atoms with E-state index in [2.05, 4.69) is 95.6 Å². The molecule has 6 aromatic rings. The number of nitrogens with zero attached hydrogens (tertiary/aromatic N) is 1. The van der Waals surface area contributed by atoms with Crippen molar-refractivity contribution in [3.63, 3.8) is 0 Å². The van der Waals surface area contributed by atoms with E-state index in [9.17, 15) is 0 Å². The molecule has 0 saturated carbocycles. The maximum atomic E-state index is 2.53. The molecule has 158 valence electrons. The Balaban J connectivity index is 1.38. The molecule has 1 aromatic heterocycles. The second-order valence-corrected chi connectivity index (χ2v) is 10.1. The van der Waals surface area contributed by atoms with E-state index >= 15 is 0 Å². The lowest BCUT2D eigenvalue weighted by molar-refractivity contribution is 1.04. The molecule has 5 aromatic carbocycles. The predicted octanol–water partition coefficient (Wildman–Crippen LogP) is 7.83. The van der Waals surface area contributed by atoms with Gasteiger partial charge in [0.25, 0.3) is 0 Å². The van der Waals surface area contributed by atoms with Crippen LogP contribution in [0.25, 0.3) is 49.7 Å². The van der Waals surface area contributed by atoms with Gasteiger partial charge in [0.2, 0.25) is 0 Å². The van der Waals surface area contributed by atoms with Crippen LogP contribution in [-0.4, -0.2) is 4.57 Å². The highest BCUT2D eigenvalue weighted by atomic mass is 15.0. The first-order chi connectivity index (χ1) is 16.9. The highest BCUT2D eigenvalue weighted by Gasteiger charge is 2.31. The van der Waals surface area contributed by atoms with Gasteiger partial charge in [0, 0.05) is 22.9 Å². The average molecular weight is 432 g/mol. The second-order valence-electron chi connectivity index (χ2n) is 10.1. The van der Waals surface area contributed by atoms with Gasteiger partial charge in [-0.3, -0.25) is 0 Å². The molecular weight excluding hydrogens is 410 g/mol. The zero-order valence-electron chi connectivity index (χ0n) is 18.7. The summed E-state index contributed by atoms with van der Waals surface area (Å²) < 4.78 is 2.53.